The van der Waals surface area contributed by atoms with E-state index >= 15 is 0 Å². The molecule has 0 saturated heterocycles. The number of hydrazine groups is 1. The molecule has 0 aliphatic rings. The molecule has 0 spiro atoms. The average molecular weight is 380 g/mol. The smallest absolute Gasteiger partial charge is 0.267 e. The summed E-state index contributed by atoms with van der Waals surface area (Å²) in [6.45, 7) is 0. The summed E-state index contributed by atoms with van der Waals surface area (Å²) in [7, 11) is -3.11. The van der Waals surface area contributed by atoms with Gasteiger partial charge in [-0.3, -0.25) is 15.2 Å². The summed E-state index contributed by atoms with van der Waals surface area (Å²) in [5.41, 5.74) is 5.66. The number of sulfone groups is 1. The minimum absolute atomic E-state index is 0.0466. The van der Waals surface area contributed by atoms with Gasteiger partial charge in [0, 0.05) is 11.8 Å². The predicted molar refractivity (Wildman–Crippen MR) is 107 cm³/mol. The SMILES string of the molecule is CS(=O)(=O)Cc1ccc(C(=O)NN(c2ccccc2)c2ccccc2)cc1. The number of nitrogens with zero attached hydrogens (tertiary/aromatic N) is 1. The van der Waals surface area contributed by atoms with Gasteiger partial charge in [0.1, 0.15) is 0 Å². The van der Waals surface area contributed by atoms with Gasteiger partial charge in [-0.05, 0) is 42.0 Å². The number of carbonyl (C=O) groups excluding carboxylic acids is 1. The molecule has 5 nitrogen and oxygen atoms in total. The number of rotatable bonds is 6. The molecular formula is C21H20N2O3S. The van der Waals surface area contributed by atoms with Crippen molar-refractivity contribution in [2.45, 2.75) is 5.75 Å². The summed E-state index contributed by atoms with van der Waals surface area (Å²) in [4.78, 5) is 12.7. The zero-order valence-corrected chi connectivity index (χ0v) is 15.7. The maximum absolute atomic E-state index is 12.7. The molecule has 0 saturated carbocycles. The van der Waals surface area contributed by atoms with Crippen molar-refractivity contribution in [3.63, 3.8) is 0 Å². The average Bonchev–Trinajstić information content (AvgIpc) is 2.66. The molecule has 0 fully saturated rings. The van der Waals surface area contributed by atoms with Crippen LogP contribution in [0.15, 0.2) is 84.9 Å². The van der Waals surface area contributed by atoms with Gasteiger partial charge in [-0.1, -0.05) is 48.5 Å². The molecule has 0 aliphatic heterocycles. The topological polar surface area (TPSA) is 66.5 Å². The second-order valence-corrected chi connectivity index (χ2v) is 8.35. The van der Waals surface area contributed by atoms with Crippen molar-refractivity contribution in [1.82, 2.24) is 5.43 Å². The molecule has 3 aromatic rings. The van der Waals surface area contributed by atoms with Crippen LogP contribution in [0.2, 0.25) is 0 Å². The summed E-state index contributed by atoms with van der Waals surface area (Å²) in [5.74, 6) is -0.330. The van der Waals surface area contributed by atoms with Gasteiger partial charge >= 0.3 is 0 Å². The predicted octanol–water partition coefficient (Wildman–Crippen LogP) is 3.71. The van der Waals surface area contributed by atoms with Crippen LogP contribution in [-0.2, 0) is 15.6 Å². The summed E-state index contributed by atoms with van der Waals surface area (Å²) in [6, 6.07) is 25.6. The van der Waals surface area contributed by atoms with Crippen LogP contribution in [0.3, 0.4) is 0 Å². The number of amides is 1. The minimum Gasteiger partial charge on any atom is -0.267 e. The van der Waals surface area contributed by atoms with Crippen molar-refractivity contribution < 1.29 is 13.2 Å². The third-order valence-corrected chi connectivity index (χ3v) is 4.74. The van der Waals surface area contributed by atoms with Crippen LogP contribution in [0.5, 0.6) is 0 Å². The Labute approximate surface area is 159 Å². The maximum atomic E-state index is 12.7. The van der Waals surface area contributed by atoms with E-state index in [1.54, 1.807) is 29.3 Å². The fourth-order valence-electron chi connectivity index (χ4n) is 2.65. The third kappa shape index (κ3) is 5.18. The first-order valence-corrected chi connectivity index (χ1v) is 10.5. The van der Waals surface area contributed by atoms with Crippen molar-refractivity contribution >= 4 is 27.1 Å². The lowest BCUT2D eigenvalue weighted by Crippen LogP contribution is -2.38. The lowest BCUT2D eigenvalue weighted by molar-refractivity contribution is 0.0953. The zero-order chi connectivity index (χ0) is 19.3. The molecule has 6 heteroatoms. The van der Waals surface area contributed by atoms with Gasteiger partial charge in [-0.15, -0.1) is 0 Å². The first-order valence-electron chi connectivity index (χ1n) is 8.40. The van der Waals surface area contributed by atoms with Crippen molar-refractivity contribution in [3.8, 4) is 0 Å². The molecule has 1 amide bonds. The molecular weight excluding hydrogens is 360 g/mol. The van der Waals surface area contributed by atoms with Gasteiger partial charge in [-0.2, -0.15) is 0 Å². The third-order valence-electron chi connectivity index (χ3n) is 3.89. The number of hydrogen-bond acceptors (Lipinski definition) is 4. The van der Waals surface area contributed by atoms with Crippen molar-refractivity contribution in [1.29, 1.82) is 0 Å². The molecule has 27 heavy (non-hydrogen) atoms. The number of carbonyl (C=O) groups is 1. The Balaban J connectivity index is 1.83. The second kappa shape index (κ2) is 8.05. The number of nitrogens with one attached hydrogen (secondary N) is 1. The second-order valence-electron chi connectivity index (χ2n) is 6.21. The van der Waals surface area contributed by atoms with Gasteiger partial charge < -0.3 is 0 Å². The quantitative estimate of drug-likeness (QED) is 0.662. The Bertz CT molecular complexity index is 963. The molecule has 3 aromatic carbocycles. The van der Waals surface area contributed by atoms with Crippen LogP contribution in [0.1, 0.15) is 15.9 Å². The highest BCUT2D eigenvalue weighted by atomic mass is 32.2. The number of para-hydroxylation sites is 2. The first-order chi connectivity index (χ1) is 12.9. The van der Waals surface area contributed by atoms with E-state index in [4.69, 9.17) is 0 Å². The highest BCUT2D eigenvalue weighted by Crippen LogP contribution is 2.23. The number of anilines is 2. The standard InChI is InChI=1S/C21H20N2O3S/c1-27(25,26)16-17-12-14-18(15-13-17)21(24)22-23(19-8-4-2-5-9-19)20-10-6-3-7-11-20/h2-15H,16H2,1H3,(H,22,24). The first kappa shape index (κ1) is 18.7. The molecule has 0 aliphatic carbocycles. The van der Waals surface area contributed by atoms with Gasteiger partial charge in [0.25, 0.3) is 5.91 Å². The fourth-order valence-corrected chi connectivity index (χ4v) is 3.45. The van der Waals surface area contributed by atoms with Crippen LogP contribution >= 0.6 is 0 Å². The van der Waals surface area contributed by atoms with E-state index in [1.807, 2.05) is 60.7 Å². The molecule has 138 valence electrons. The van der Waals surface area contributed by atoms with Crippen LogP contribution in [0, 0.1) is 0 Å². The Hall–Kier alpha value is -3.12. The molecule has 0 radical (unpaired) electrons. The fraction of sp³-hybridized carbons (Fsp3) is 0.0952. The summed E-state index contributed by atoms with van der Waals surface area (Å²) < 4.78 is 22.8. The van der Waals surface area contributed by atoms with E-state index < -0.39 is 9.84 Å². The van der Waals surface area contributed by atoms with Crippen molar-refractivity contribution in [3.05, 3.63) is 96.1 Å². The normalized spacial score (nSPS) is 11.0. The number of hydrogen-bond donors (Lipinski definition) is 1. The molecule has 0 heterocycles. The van der Waals surface area contributed by atoms with E-state index in [-0.39, 0.29) is 11.7 Å². The van der Waals surface area contributed by atoms with E-state index in [9.17, 15) is 13.2 Å². The van der Waals surface area contributed by atoms with E-state index in [2.05, 4.69) is 5.43 Å². The molecule has 0 atom stereocenters. The summed E-state index contributed by atoms with van der Waals surface area (Å²) in [6.07, 6.45) is 1.19. The van der Waals surface area contributed by atoms with E-state index in [0.717, 1.165) is 11.4 Å². The van der Waals surface area contributed by atoms with Gasteiger partial charge in [0.15, 0.2) is 9.84 Å². The van der Waals surface area contributed by atoms with Gasteiger partial charge in [0.2, 0.25) is 0 Å². The van der Waals surface area contributed by atoms with E-state index in [0.29, 0.717) is 11.1 Å². The lowest BCUT2D eigenvalue weighted by Gasteiger charge is -2.25. The summed E-state index contributed by atoms with van der Waals surface area (Å²) >= 11 is 0. The molecule has 0 aromatic heterocycles. The van der Waals surface area contributed by atoms with E-state index in [1.165, 1.54) is 6.26 Å². The van der Waals surface area contributed by atoms with Crippen LogP contribution in [0.4, 0.5) is 11.4 Å². The van der Waals surface area contributed by atoms with Gasteiger partial charge in [-0.25, -0.2) is 8.42 Å². The zero-order valence-electron chi connectivity index (χ0n) is 14.9. The lowest BCUT2D eigenvalue weighted by atomic mass is 10.1. The minimum atomic E-state index is -3.11. The Morgan fingerprint density at radius 3 is 1.74 bits per heavy atom. The Morgan fingerprint density at radius 2 is 1.30 bits per heavy atom. The van der Waals surface area contributed by atoms with Crippen molar-refractivity contribution in [2.24, 2.45) is 0 Å². The highest BCUT2D eigenvalue weighted by Gasteiger charge is 2.14. The van der Waals surface area contributed by atoms with Crippen LogP contribution in [0.25, 0.3) is 0 Å². The molecule has 1 N–H and O–H groups in total. The van der Waals surface area contributed by atoms with Crippen LogP contribution in [-0.4, -0.2) is 20.6 Å². The Kier molecular flexibility index (Phi) is 5.57. The highest BCUT2D eigenvalue weighted by molar-refractivity contribution is 7.89. The van der Waals surface area contributed by atoms with Crippen molar-refractivity contribution in [2.75, 3.05) is 11.3 Å². The molecule has 0 bridgehead atoms. The van der Waals surface area contributed by atoms with Gasteiger partial charge in [0.05, 0.1) is 17.1 Å². The Morgan fingerprint density at radius 1 is 0.815 bits per heavy atom. The largest absolute Gasteiger partial charge is 0.270 e. The molecule has 3 rings (SSSR count). The number of benzene rings is 3. The monoisotopic (exact) mass is 380 g/mol. The van der Waals surface area contributed by atoms with Crippen LogP contribution < -0.4 is 10.4 Å². The summed E-state index contributed by atoms with van der Waals surface area (Å²) in [5, 5.41) is 1.72. The molecule has 0 unspecified atom stereocenters. The maximum Gasteiger partial charge on any atom is 0.270 e.